The molecule has 20 heavy (non-hydrogen) atoms. The van der Waals surface area contributed by atoms with Crippen LogP contribution in [-0.2, 0) is 4.79 Å². The van der Waals surface area contributed by atoms with Gasteiger partial charge in [-0.05, 0) is 44.4 Å². The van der Waals surface area contributed by atoms with Crippen LogP contribution in [0.1, 0.15) is 32.1 Å². The second kappa shape index (κ2) is 10.2. The van der Waals surface area contributed by atoms with Crippen molar-refractivity contribution in [1.82, 2.24) is 4.98 Å². The third-order valence-corrected chi connectivity index (χ3v) is 2.80. The molecule has 0 aliphatic rings. The molecule has 0 aliphatic carbocycles. The molecule has 6 nitrogen and oxygen atoms in total. The Morgan fingerprint density at radius 2 is 2.10 bits per heavy atom. The van der Waals surface area contributed by atoms with Crippen molar-refractivity contribution in [3.63, 3.8) is 0 Å². The Kier molecular flexibility index (Phi) is 8.33. The maximum absolute atomic E-state index is 11.5. The summed E-state index contributed by atoms with van der Waals surface area (Å²) in [6, 6.07) is 3.66. The smallest absolute Gasteiger partial charge is 0.225 e. The number of hydrogen-bond acceptors (Lipinski definition) is 5. The third-order valence-electron chi connectivity index (χ3n) is 2.80. The van der Waals surface area contributed by atoms with Gasteiger partial charge in [0.2, 0.25) is 5.91 Å². The minimum absolute atomic E-state index is 0.0623. The predicted molar refractivity (Wildman–Crippen MR) is 80.6 cm³/mol. The normalized spacial score (nSPS) is 10.3. The first kappa shape index (κ1) is 16.4. The quantitative estimate of drug-likeness (QED) is 0.484. The van der Waals surface area contributed by atoms with Crippen molar-refractivity contribution in [1.29, 1.82) is 0 Å². The predicted octanol–water partition coefficient (Wildman–Crippen LogP) is 1.33. The monoisotopic (exact) mass is 280 g/mol. The van der Waals surface area contributed by atoms with Crippen molar-refractivity contribution in [2.45, 2.75) is 32.1 Å². The van der Waals surface area contributed by atoms with Crippen molar-refractivity contribution in [3.05, 3.63) is 18.3 Å². The average Bonchev–Trinajstić information content (AvgIpc) is 2.46. The van der Waals surface area contributed by atoms with E-state index in [0.717, 1.165) is 31.5 Å². The van der Waals surface area contributed by atoms with Crippen LogP contribution in [0.4, 0.5) is 11.5 Å². The summed E-state index contributed by atoms with van der Waals surface area (Å²) >= 11 is 0. The number of amides is 1. The zero-order valence-electron chi connectivity index (χ0n) is 11.8. The van der Waals surface area contributed by atoms with E-state index in [9.17, 15) is 4.79 Å². The van der Waals surface area contributed by atoms with Crippen LogP contribution in [0.15, 0.2) is 18.3 Å². The molecule has 0 aliphatic heterocycles. The van der Waals surface area contributed by atoms with Crippen LogP contribution in [-0.4, -0.2) is 35.7 Å². The Hall–Kier alpha value is -1.66. The summed E-state index contributed by atoms with van der Waals surface area (Å²) in [6.07, 6.45) is 5.66. The van der Waals surface area contributed by atoms with Gasteiger partial charge >= 0.3 is 0 Å². The molecule has 1 aromatic rings. The van der Waals surface area contributed by atoms with Crippen molar-refractivity contribution >= 4 is 17.4 Å². The van der Waals surface area contributed by atoms with Gasteiger partial charge in [-0.1, -0.05) is 0 Å². The fourth-order valence-corrected chi connectivity index (χ4v) is 1.69. The number of hydrogen-bond donors (Lipinski definition) is 4. The lowest BCUT2D eigenvalue weighted by Gasteiger charge is -2.07. The standard InChI is InChI=1S/C14H24N4O2/c15-8-4-5-14(20)18-13-7-6-12(11-17-13)16-9-2-1-3-10-19/h6-7,11,16,19H,1-5,8-10,15H2,(H,17,18,20). The van der Waals surface area contributed by atoms with Crippen LogP contribution in [0, 0.1) is 0 Å². The number of aliphatic hydroxyl groups excluding tert-OH is 1. The van der Waals surface area contributed by atoms with Gasteiger partial charge in [0.1, 0.15) is 5.82 Å². The first-order valence-corrected chi connectivity index (χ1v) is 7.07. The lowest BCUT2D eigenvalue weighted by Crippen LogP contribution is -2.14. The van der Waals surface area contributed by atoms with Gasteiger partial charge < -0.3 is 21.5 Å². The molecule has 0 spiro atoms. The van der Waals surface area contributed by atoms with Crippen molar-refractivity contribution < 1.29 is 9.90 Å². The van der Waals surface area contributed by atoms with Crippen molar-refractivity contribution in [3.8, 4) is 0 Å². The van der Waals surface area contributed by atoms with Gasteiger partial charge in [-0.25, -0.2) is 4.98 Å². The summed E-state index contributed by atoms with van der Waals surface area (Å²) in [7, 11) is 0. The number of anilines is 2. The number of nitrogens with zero attached hydrogens (tertiary/aromatic N) is 1. The molecule has 1 aromatic heterocycles. The summed E-state index contributed by atoms with van der Waals surface area (Å²) in [5.41, 5.74) is 6.27. The van der Waals surface area contributed by atoms with Crippen LogP contribution in [0.3, 0.4) is 0 Å². The molecule has 0 bridgehead atoms. The van der Waals surface area contributed by atoms with Crippen LogP contribution in [0.2, 0.25) is 0 Å². The minimum Gasteiger partial charge on any atom is -0.396 e. The zero-order chi connectivity index (χ0) is 14.6. The van der Waals surface area contributed by atoms with E-state index in [0.29, 0.717) is 25.2 Å². The SMILES string of the molecule is NCCCC(=O)Nc1ccc(NCCCCCO)cn1. The van der Waals surface area contributed by atoms with Crippen molar-refractivity contribution in [2.75, 3.05) is 30.3 Å². The highest BCUT2D eigenvalue weighted by molar-refractivity contribution is 5.89. The molecule has 6 heteroatoms. The lowest BCUT2D eigenvalue weighted by molar-refractivity contribution is -0.116. The molecule has 0 fully saturated rings. The molecule has 0 atom stereocenters. The molecule has 0 radical (unpaired) electrons. The van der Waals surface area contributed by atoms with E-state index in [1.807, 2.05) is 6.07 Å². The summed E-state index contributed by atoms with van der Waals surface area (Å²) in [5.74, 6) is 0.491. The Balaban J connectivity index is 2.27. The fourth-order valence-electron chi connectivity index (χ4n) is 1.69. The molecule has 5 N–H and O–H groups in total. The van der Waals surface area contributed by atoms with Gasteiger partial charge in [-0.3, -0.25) is 4.79 Å². The number of nitrogens with one attached hydrogen (secondary N) is 2. The number of carbonyl (C=O) groups excluding carboxylic acids is 1. The van der Waals surface area contributed by atoms with E-state index in [2.05, 4.69) is 15.6 Å². The number of pyridine rings is 1. The van der Waals surface area contributed by atoms with Gasteiger partial charge in [0.25, 0.3) is 0 Å². The van der Waals surface area contributed by atoms with Gasteiger partial charge in [0, 0.05) is 19.6 Å². The number of carbonyl (C=O) groups is 1. The molecule has 1 rings (SSSR count). The lowest BCUT2D eigenvalue weighted by atomic mass is 10.2. The highest BCUT2D eigenvalue weighted by atomic mass is 16.2. The molecule has 0 saturated heterocycles. The molecule has 0 aromatic carbocycles. The van der Waals surface area contributed by atoms with E-state index >= 15 is 0 Å². The number of unbranched alkanes of at least 4 members (excludes halogenated alkanes) is 2. The Morgan fingerprint density at radius 3 is 2.75 bits per heavy atom. The maximum Gasteiger partial charge on any atom is 0.225 e. The molecule has 112 valence electrons. The highest BCUT2D eigenvalue weighted by Gasteiger charge is 2.02. The van der Waals surface area contributed by atoms with E-state index in [1.165, 1.54) is 0 Å². The van der Waals surface area contributed by atoms with E-state index in [-0.39, 0.29) is 12.5 Å². The summed E-state index contributed by atoms with van der Waals surface area (Å²) in [6.45, 7) is 1.62. The maximum atomic E-state index is 11.5. The third kappa shape index (κ3) is 7.06. The highest BCUT2D eigenvalue weighted by Crippen LogP contribution is 2.10. The first-order chi connectivity index (χ1) is 9.76. The first-order valence-electron chi connectivity index (χ1n) is 7.07. The summed E-state index contributed by atoms with van der Waals surface area (Å²) < 4.78 is 0. The Morgan fingerprint density at radius 1 is 1.25 bits per heavy atom. The second-order valence-corrected chi connectivity index (χ2v) is 4.58. The number of rotatable bonds is 10. The number of nitrogens with two attached hydrogens (primary N) is 1. The average molecular weight is 280 g/mol. The fraction of sp³-hybridized carbons (Fsp3) is 0.571. The molecule has 0 unspecified atom stereocenters. The van der Waals surface area contributed by atoms with Crippen LogP contribution in [0.25, 0.3) is 0 Å². The number of aromatic nitrogens is 1. The van der Waals surface area contributed by atoms with Gasteiger partial charge in [-0.15, -0.1) is 0 Å². The van der Waals surface area contributed by atoms with Gasteiger partial charge in [0.15, 0.2) is 0 Å². The number of aliphatic hydroxyl groups is 1. The van der Waals surface area contributed by atoms with Crippen molar-refractivity contribution in [2.24, 2.45) is 5.73 Å². The van der Waals surface area contributed by atoms with Gasteiger partial charge in [-0.2, -0.15) is 0 Å². The molecule has 0 saturated carbocycles. The topological polar surface area (TPSA) is 100 Å². The van der Waals surface area contributed by atoms with Crippen LogP contribution < -0.4 is 16.4 Å². The van der Waals surface area contributed by atoms with Gasteiger partial charge in [0.05, 0.1) is 11.9 Å². The molecular weight excluding hydrogens is 256 g/mol. The molecule has 1 heterocycles. The Bertz CT molecular complexity index is 381. The zero-order valence-corrected chi connectivity index (χ0v) is 11.8. The summed E-state index contributed by atoms with van der Waals surface area (Å²) in [4.78, 5) is 15.7. The minimum atomic E-state index is -0.0623. The van der Waals surface area contributed by atoms with Crippen LogP contribution in [0.5, 0.6) is 0 Å². The molecular formula is C14H24N4O2. The summed E-state index contributed by atoms with van der Waals surface area (Å²) in [5, 5.41) is 14.6. The molecule has 1 amide bonds. The van der Waals surface area contributed by atoms with Crippen LogP contribution >= 0.6 is 0 Å². The Labute approximate surface area is 119 Å². The second-order valence-electron chi connectivity index (χ2n) is 4.58. The van der Waals surface area contributed by atoms with E-state index in [4.69, 9.17) is 10.8 Å². The van der Waals surface area contributed by atoms with E-state index < -0.39 is 0 Å². The van der Waals surface area contributed by atoms with E-state index in [1.54, 1.807) is 12.3 Å². The largest absolute Gasteiger partial charge is 0.396 e.